The molecule has 6 heteroatoms. The molecule has 2 aromatic heterocycles. The maximum Gasteiger partial charge on any atom is 0.253 e. The van der Waals surface area contributed by atoms with Crippen LogP contribution in [0.1, 0.15) is 26.5 Å². The van der Waals surface area contributed by atoms with Crippen molar-refractivity contribution in [3.63, 3.8) is 0 Å². The van der Waals surface area contributed by atoms with Crippen LogP contribution < -0.4 is 0 Å². The summed E-state index contributed by atoms with van der Waals surface area (Å²) in [6.07, 6.45) is 1.79. The molecule has 0 aliphatic heterocycles. The third-order valence-corrected chi connectivity index (χ3v) is 2.60. The van der Waals surface area contributed by atoms with E-state index in [1.807, 2.05) is 6.07 Å². The van der Waals surface area contributed by atoms with E-state index in [0.717, 1.165) is 5.69 Å². The second-order valence-electron chi connectivity index (χ2n) is 4.71. The molecule has 17 heavy (non-hydrogen) atoms. The zero-order valence-corrected chi connectivity index (χ0v) is 11.3. The number of nitrogens with zero attached hydrogens (tertiary/aromatic N) is 4. The minimum atomic E-state index is -0.0202. The Bertz CT molecular complexity index is 522. The van der Waals surface area contributed by atoms with Crippen molar-refractivity contribution in [2.75, 3.05) is 0 Å². The topological polar surface area (TPSA) is 43.6 Å². The van der Waals surface area contributed by atoms with Crippen LogP contribution in [0.25, 0.3) is 5.95 Å². The molecule has 2 heterocycles. The lowest BCUT2D eigenvalue weighted by molar-refractivity contribution is 0.558. The Balaban J connectivity index is 2.44. The molecule has 0 saturated carbocycles. The molecule has 0 atom stereocenters. The van der Waals surface area contributed by atoms with Crippen LogP contribution in [0.2, 0.25) is 10.3 Å². The van der Waals surface area contributed by atoms with Gasteiger partial charge in [0.2, 0.25) is 0 Å². The highest BCUT2D eigenvalue weighted by molar-refractivity contribution is 6.33. The Morgan fingerprint density at radius 1 is 1.12 bits per heavy atom. The number of hydrogen-bond donors (Lipinski definition) is 0. The van der Waals surface area contributed by atoms with E-state index in [9.17, 15) is 0 Å². The van der Waals surface area contributed by atoms with Gasteiger partial charge in [-0.15, -0.1) is 0 Å². The highest BCUT2D eigenvalue weighted by Gasteiger charge is 2.17. The van der Waals surface area contributed by atoms with E-state index in [1.165, 1.54) is 6.07 Å². The molecule has 0 saturated heterocycles. The lowest BCUT2D eigenvalue weighted by Crippen LogP contribution is -2.13. The first kappa shape index (κ1) is 12.3. The summed E-state index contributed by atoms with van der Waals surface area (Å²) in [6.45, 7) is 6.27. The summed E-state index contributed by atoms with van der Waals surface area (Å²) >= 11 is 11.6. The molecule has 90 valence electrons. The first-order chi connectivity index (χ1) is 7.86. The molecule has 2 rings (SSSR count). The van der Waals surface area contributed by atoms with Gasteiger partial charge in [-0.2, -0.15) is 15.1 Å². The van der Waals surface area contributed by atoms with Crippen molar-refractivity contribution >= 4 is 23.2 Å². The summed E-state index contributed by atoms with van der Waals surface area (Å²) in [5.74, 6) is 0.373. The molecule has 0 aliphatic carbocycles. The zero-order chi connectivity index (χ0) is 12.6. The fourth-order valence-electron chi connectivity index (χ4n) is 1.32. The van der Waals surface area contributed by atoms with Gasteiger partial charge < -0.3 is 0 Å². The molecule has 0 spiro atoms. The summed E-state index contributed by atoms with van der Waals surface area (Å²) in [5.41, 5.74) is 0.936. The minimum absolute atomic E-state index is 0.0202. The van der Waals surface area contributed by atoms with Gasteiger partial charge >= 0.3 is 0 Å². The second kappa shape index (κ2) is 4.27. The Hall–Kier alpha value is -1.13. The van der Waals surface area contributed by atoms with Crippen molar-refractivity contribution in [2.24, 2.45) is 0 Å². The molecule has 0 amide bonds. The average molecular weight is 271 g/mol. The summed E-state index contributed by atoms with van der Waals surface area (Å²) in [5, 5.41) is 5.01. The fraction of sp³-hybridized carbons (Fsp3) is 0.364. The van der Waals surface area contributed by atoms with Crippen LogP contribution in [0, 0.1) is 0 Å². The first-order valence-corrected chi connectivity index (χ1v) is 5.88. The summed E-state index contributed by atoms with van der Waals surface area (Å²) in [7, 11) is 0. The van der Waals surface area contributed by atoms with Crippen LogP contribution in [-0.4, -0.2) is 19.7 Å². The van der Waals surface area contributed by atoms with Crippen molar-refractivity contribution in [1.82, 2.24) is 19.7 Å². The zero-order valence-electron chi connectivity index (χ0n) is 9.78. The van der Waals surface area contributed by atoms with Crippen molar-refractivity contribution in [3.8, 4) is 5.95 Å². The summed E-state index contributed by atoms with van der Waals surface area (Å²) < 4.78 is 1.57. The predicted molar refractivity (Wildman–Crippen MR) is 67.9 cm³/mol. The number of rotatable bonds is 1. The van der Waals surface area contributed by atoms with Gasteiger partial charge in [0.1, 0.15) is 10.3 Å². The van der Waals surface area contributed by atoms with Gasteiger partial charge in [-0.05, 0) is 6.07 Å². The molecule has 0 radical (unpaired) electrons. The van der Waals surface area contributed by atoms with E-state index in [1.54, 1.807) is 10.9 Å². The van der Waals surface area contributed by atoms with Crippen LogP contribution in [0.5, 0.6) is 0 Å². The lowest BCUT2D eigenvalue weighted by atomic mass is 9.93. The van der Waals surface area contributed by atoms with E-state index in [2.05, 4.69) is 35.8 Å². The molecule has 0 unspecified atom stereocenters. The SMILES string of the molecule is CC(C)(C)c1ccn(-c2nc(Cl)cc(Cl)n2)n1. The monoisotopic (exact) mass is 270 g/mol. The Kier molecular flexibility index (Phi) is 3.10. The molecular weight excluding hydrogens is 259 g/mol. The van der Waals surface area contributed by atoms with Gasteiger partial charge in [0, 0.05) is 17.7 Å². The number of halogens is 2. The highest BCUT2D eigenvalue weighted by Crippen LogP contribution is 2.21. The Morgan fingerprint density at radius 2 is 1.71 bits per heavy atom. The lowest BCUT2D eigenvalue weighted by Gasteiger charge is -2.14. The maximum atomic E-state index is 5.82. The van der Waals surface area contributed by atoms with Gasteiger partial charge in [-0.1, -0.05) is 44.0 Å². The van der Waals surface area contributed by atoms with Crippen LogP contribution in [-0.2, 0) is 5.41 Å². The smallest absolute Gasteiger partial charge is 0.206 e. The van der Waals surface area contributed by atoms with Crippen LogP contribution in [0.3, 0.4) is 0 Å². The molecule has 4 nitrogen and oxygen atoms in total. The summed E-state index contributed by atoms with van der Waals surface area (Å²) in [6, 6.07) is 3.42. The third-order valence-electron chi connectivity index (χ3n) is 2.21. The fourth-order valence-corrected chi connectivity index (χ4v) is 1.73. The predicted octanol–water partition coefficient (Wildman–Crippen LogP) is 3.27. The highest BCUT2D eigenvalue weighted by atomic mass is 35.5. The van der Waals surface area contributed by atoms with Gasteiger partial charge in [-0.3, -0.25) is 0 Å². The van der Waals surface area contributed by atoms with Gasteiger partial charge in [0.05, 0.1) is 5.69 Å². The standard InChI is InChI=1S/C11H12Cl2N4/c1-11(2,3)7-4-5-17(16-7)10-14-8(12)6-9(13)15-10/h4-6H,1-3H3. The molecule has 0 fully saturated rings. The Labute approximate surface area is 110 Å². The molecular formula is C11H12Cl2N4. The summed E-state index contributed by atoms with van der Waals surface area (Å²) in [4.78, 5) is 8.14. The van der Waals surface area contributed by atoms with Gasteiger partial charge in [0.25, 0.3) is 5.95 Å². The van der Waals surface area contributed by atoms with Crippen molar-refractivity contribution in [1.29, 1.82) is 0 Å². The average Bonchev–Trinajstić information content (AvgIpc) is 2.63. The van der Waals surface area contributed by atoms with Crippen LogP contribution in [0.4, 0.5) is 0 Å². The van der Waals surface area contributed by atoms with Crippen molar-refractivity contribution in [3.05, 3.63) is 34.3 Å². The Morgan fingerprint density at radius 3 is 2.18 bits per heavy atom. The molecule has 0 aliphatic rings. The number of hydrogen-bond acceptors (Lipinski definition) is 3. The van der Waals surface area contributed by atoms with Gasteiger partial charge in [-0.25, -0.2) is 4.68 Å². The maximum absolute atomic E-state index is 5.82. The van der Waals surface area contributed by atoms with E-state index in [-0.39, 0.29) is 5.41 Å². The third kappa shape index (κ3) is 2.76. The molecule has 0 bridgehead atoms. The van der Waals surface area contributed by atoms with Crippen molar-refractivity contribution < 1.29 is 0 Å². The largest absolute Gasteiger partial charge is 0.253 e. The quantitative estimate of drug-likeness (QED) is 0.748. The molecule has 2 aromatic rings. The van der Waals surface area contributed by atoms with E-state index in [0.29, 0.717) is 16.3 Å². The number of aromatic nitrogens is 4. The van der Waals surface area contributed by atoms with Crippen LogP contribution >= 0.6 is 23.2 Å². The molecule has 0 N–H and O–H groups in total. The first-order valence-electron chi connectivity index (χ1n) is 5.13. The van der Waals surface area contributed by atoms with E-state index in [4.69, 9.17) is 23.2 Å². The van der Waals surface area contributed by atoms with Gasteiger partial charge in [0.15, 0.2) is 0 Å². The van der Waals surface area contributed by atoms with E-state index < -0.39 is 0 Å². The normalized spacial score (nSPS) is 11.8. The van der Waals surface area contributed by atoms with Crippen molar-refractivity contribution in [2.45, 2.75) is 26.2 Å². The van der Waals surface area contributed by atoms with Crippen LogP contribution in [0.15, 0.2) is 18.3 Å². The minimum Gasteiger partial charge on any atom is -0.206 e. The van der Waals surface area contributed by atoms with E-state index >= 15 is 0 Å². The molecule has 0 aromatic carbocycles. The second-order valence-corrected chi connectivity index (χ2v) is 5.48.